The van der Waals surface area contributed by atoms with Crippen LogP contribution in [0.25, 0.3) is 0 Å². The third-order valence-corrected chi connectivity index (χ3v) is 4.23. The van der Waals surface area contributed by atoms with Crippen molar-refractivity contribution in [3.8, 4) is 0 Å². The van der Waals surface area contributed by atoms with Crippen LogP contribution in [0.1, 0.15) is 24.9 Å². The van der Waals surface area contributed by atoms with Crippen molar-refractivity contribution >= 4 is 11.3 Å². The Hall–Kier alpha value is -0.460. The normalized spacial score (nSPS) is 24.9. The topological polar surface area (TPSA) is 58.7 Å². The van der Waals surface area contributed by atoms with E-state index >= 15 is 0 Å². The van der Waals surface area contributed by atoms with Crippen molar-refractivity contribution in [1.29, 1.82) is 0 Å². The number of thiophene rings is 1. The van der Waals surface area contributed by atoms with Crippen molar-refractivity contribution in [2.75, 3.05) is 26.3 Å². The van der Waals surface area contributed by atoms with E-state index in [1.807, 2.05) is 0 Å². The van der Waals surface area contributed by atoms with Crippen LogP contribution in [-0.2, 0) is 4.74 Å². The smallest absolute Gasteiger partial charge is 0.0933 e. The lowest BCUT2D eigenvalue weighted by Gasteiger charge is -2.40. The molecule has 0 bridgehead atoms. The van der Waals surface area contributed by atoms with E-state index in [0.717, 1.165) is 19.5 Å². The molecule has 1 aliphatic heterocycles. The van der Waals surface area contributed by atoms with Crippen molar-refractivity contribution in [1.82, 2.24) is 4.90 Å². The zero-order valence-corrected chi connectivity index (χ0v) is 11.6. The number of nitrogens with zero attached hydrogens (tertiary/aromatic N) is 1. The van der Waals surface area contributed by atoms with Gasteiger partial charge < -0.3 is 15.6 Å². The number of nitrogens with two attached hydrogens (primary N) is 1. The van der Waals surface area contributed by atoms with Gasteiger partial charge in [-0.2, -0.15) is 11.3 Å². The van der Waals surface area contributed by atoms with Crippen molar-refractivity contribution < 1.29 is 9.84 Å². The van der Waals surface area contributed by atoms with Crippen LogP contribution in [0.4, 0.5) is 0 Å². The predicted molar refractivity (Wildman–Crippen MR) is 73.7 cm³/mol. The number of ether oxygens (including phenoxy) is 1. The molecule has 0 spiro atoms. The highest BCUT2D eigenvalue weighted by Crippen LogP contribution is 2.28. The van der Waals surface area contributed by atoms with Crippen molar-refractivity contribution in [2.45, 2.75) is 31.5 Å². The average Bonchev–Trinajstić information content (AvgIpc) is 2.93. The molecule has 4 nitrogen and oxygen atoms in total. The van der Waals surface area contributed by atoms with Crippen LogP contribution < -0.4 is 5.73 Å². The van der Waals surface area contributed by atoms with Crippen molar-refractivity contribution in [3.63, 3.8) is 0 Å². The third-order valence-electron chi connectivity index (χ3n) is 3.53. The van der Waals surface area contributed by atoms with E-state index in [-0.39, 0.29) is 24.8 Å². The lowest BCUT2D eigenvalue weighted by Crippen LogP contribution is -2.50. The number of morpholine rings is 1. The van der Waals surface area contributed by atoms with E-state index in [1.165, 1.54) is 5.56 Å². The summed E-state index contributed by atoms with van der Waals surface area (Å²) in [5.74, 6) is 0. The molecule has 3 N–H and O–H groups in total. The fraction of sp³-hybridized carbons (Fsp3) is 0.692. The zero-order chi connectivity index (χ0) is 13.0. The minimum absolute atomic E-state index is 0.0776. The molecule has 102 valence electrons. The van der Waals surface area contributed by atoms with Crippen LogP contribution in [0.15, 0.2) is 16.8 Å². The van der Waals surface area contributed by atoms with E-state index in [2.05, 4.69) is 28.7 Å². The Morgan fingerprint density at radius 2 is 2.50 bits per heavy atom. The first-order valence-corrected chi connectivity index (χ1v) is 7.44. The molecular weight excluding hydrogens is 248 g/mol. The predicted octanol–water partition coefficient (Wildman–Crippen LogP) is 1.22. The molecular formula is C13H22N2O2S. The number of hydrogen-bond acceptors (Lipinski definition) is 5. The first-order chi connectivity index (χ1) is 8.76. The summed E-state index contributed by atoms with van der Waals surface area (Å²) in [5, 5.41) is 13.5. The first-order valence-electron chi connectivity index (χ1n) is 6.50. The molecule has 0 aliphatic carbocycles. The van der Waals surface area contributed by atoms with E-state index in [9.17, 15) is 5.11 Å². The lowest BCUT2D eigenvalue weighted by atomic mass is 9.98. The van der Waals surface area contributed by atoms with Crippen LogP contribution in [0.2, 0.25) is 0 Å². The molecule has 5 heteroatoms. The van der Waals surface area contributed by atoms with Crippen molar-refractivity contribution in [3.05, 3.63) is 22.4 Å². The van der Waals surface area contributed by atoms with Gasteiger partial charge in [-0.15, -0.1) is 0 Å². The van der Waals surface area contributed by atoms with Gasteiger partial charge in [0.05, 0.1) is 25.4 Å². The highest BCUT2D eigenvalue weighted by Gasteiger charge is 2.30. The summed E-state index contributed by atoms with van der Waals surface area (Å²) in [6.07, 6.45) is 0.866. The summed E-state index contributed by atoms with van der Waals surface area (Å²) in [4.78, 5) is 2.35. The second-order valence-corrected chi connectivity index (χ2v) is 5.52. The van der Waals surface area contributed by atoms with E-state index in [0.29, 0.717) is 6.61 Å². The Balaban J connectivity index is 2.13. The summed E-state index contributed by atoms with van der Waals surface area (Å²) < 4.78 is 5.51. The van der Waals surface area contributed by atoms with Gasteiger partial charge in [0.25, 0.3) is 0 Å². The van der Waals surface area contributed by atoms with Gasteiger partial charge in [0, 0.05) is 19.1 Å². The first kappa shape index (κ1) is 14.0. The molecule has 0 radical (unpaired) electrons. The maximum atomic E-state index is 9.24. The minimum atomic E-state index is -0.0797. The molecule has 2 rings (SSSR count). The SMILES string of the molecule is CCC(N)C(c1ccsc1)N1CCOC(CO)C1. The summed E-state index contributed by atoms with van der Waals surface area (Å²) in [7, 11) is 0. The Morgan fingerprint density at radius 1 is 1.67 bits per heavy atom. The summed E-state index contributed by atoms with van der Waals surface area (Å²) in [6, 6.07) is 2.50. The third kappa shape index (κ3) is 3.10. The van der Waals surface area contributed by atoms with Gasteiger partial charge in [0.15, 0.2) is 0 Å². The molecule has 1 saturated heterocycles. The van der Waals surface area contributed by atoms with Gasteiger partial charge >= 0.3 is 0 Å². The fourth-order valence-corrected chi connectivity index (χ4v) is 3.19. The minimum Gasteiger partial charge on any atom is -0.394 e. The summed E-state index contributed by atoms with van der Waals surface area (Å²) >= 11 is 1.70. The maximum Gasteiger partial charge on any atom is 0.0933 e. The summed E-state index contributed by atoms with van der Waals surface area (Å²) in [6.45, 7) is 4.50. The van der Waals surface area contributed by atoms with Gasteiger partial charge in [-0.3, -0.25) is 4.90 Å². The molecule has 1 aromatic rings. The van der Waals surface area contributed by atoms with Gasteiger partial charge in [-0.1, -0.05) is 6.92 Å². The van der Waals surface area contributed by atoms with E-state index in [4.69, 9.17) is 10.5 Å². The molecule has 1 aliphatic rings. The molecule has 0 aromatic carbocycles. The quantitative estimate of drug-likeness (QED) is 0.844. The molecule has 18 heavy (non-hydrogen) atoms. The molecule has 0 saturated carbocycles. The fourth-order valence-electron chi connectivity index (χ4n) is 2.50. The second kappa shape index (κ2) is 6.63. The molecule has 0 amide bonds. The second-order valence-electron chi connectivity index (χ2n) is 4.74. The zero-order valence-electron chi connectivity index (χ0n) is 10.8. The maximum absolute atomic E-state index is 9.24. The van der Waals surface area contributed by atoms with Crippen LogP contribution in [0, 0.1) is 0 Å². The molecule has 1 aromatic heterocycles. The van der Waals surface area contributed by atoms with Crippen LogP contribution in [0.5, 0.6) is 0 Å². The average molecular weight is 270 g/mol. The van der Waals surface area contributed by atoms with E-state index < -0.39 is 0 Å². The Labute approximate surface area is 112 Å². The Bertz CT molecular complexity index is 345. The largest absolute Gasteiger partial charge is 0.394 e. The number of rotatable bonds is 5. The van der Waals surface area contributed by atoms with Crippen molar-refractivity contribution in [2.24, 2.45) is 5.73 Å². The monoisotopic (exact) mass is 270 g/mol. The summed E-state index contributed by atoms with van der Waals surface area (Å²) in [5.41, 5.74) is 7.57. The Morgan fingerprint density at radius 3 is 3.11 bits per heavy atom. The number of aliphatic hydroxyl groups is 1. The van der Waals surface area contributed by atoms with E-state index in [1.54, 1.807) is 11.3 Å². The van der Waals surface area contributed by atoms with Crippen LogP contribution in [0.3, 0.4) is 0 Å². The standard InChI is InChI=1S/C13H22N2O2S/c1-2-12(14)13(10-3-6-18-9-10)15-4-5-17-11(7-15)8-16/h3,6,9,11-13,16H,2,4-5,7-8,14H2,1H3. The molecule has 1 fully saturated rings. The number of hydrogen-bond donors (Lipinski definition) is 2. The highest BCUT2D eigenvalue weighted by molar-refractivity contribution is 7.07. The molecule has 3 unspecified atom stereocenters. The molecule has 3 atom stereocenters. The van der Waals surface area contributed by atoms with Gasteiger partial charge in [-0.05, 0) is 28.8 Å². The van der Waals surface area contributed by atoms with Crippen LogP contribution >= 0.6 is 11.3 Å². The highest BCUT2D eigenvalue weighted by atomic mass is 32.1. The number of aliphatic hydroxyl groups excluding tert-OH is 1. The van der Waals surface area contributed by atoms with Crippen LogP contribution in [-0.4, -0.2) is 48.5 Å². The van der Waals surface area contributed by atoms with Gasteiger partial charge in [-0.25, -0.2) is 0 Å². The lowest BCUT2D eigenvalue weighted by molar-refractivity contribution is -0.0682. The molecule has 2 heterocycles. The van der Waals surface area contributed by atoms with Gasteiger partial charge in [0.2, 0.25) is 0 Å². The van der Waals surface area contributed by atoms with Gasteiger partial charge in [0.1, 0.15) is 0 Å². The Kier molecular flexibility index (Phi) is 5.14.